The third-order valence-electron chi connectivity index (χ3n) is 5.02. The molecule has 0 amide bonds. The third kappa shape index (κ3) is 5.08. The highest BCUT2D eigenvalue weighted by Crippen LogP contribution is 2.28. The molecule has 0 fully saturated rings. The molecule has 4 rings (SSSR count). The molecule has 0 unspecified atom stereocenters. The second kappa shape index (κ2) is 9.71. The van der Waals surface area contributed by atoms with Gasteiger partial charge >= 0.3 is 0 Å². The smallest absolute Gasteiger partial charge is 0.193 e. The van der Waals surface area contributed by atoms with Crippen molar-refractivity contribution in [2.75, 3.05) is 11.5 Å². The molecule has 0 saturated carbocycles. The van der Waals surface area contributed by atoms with E-state index in [4.69, 9.17) is 20.9 Å². The van der Waals surface area contributed by atoms with Crippen molar-refractivity contribution in [3.8, 4) is 11.5 Å². The van der Waals surface area contributed by atoms with Crippen molar-refractivity contribution in [2.45, 2.75) is 13.2 Å². The number of benzene rings is 4. The molecule has 0 aliphatic carbocycles. The molecule has 5 heteroatoms. The number of carbonyl (C=O) groups excluding carboxylic acids is 1. The van der Waals surface area contributed by atoms with Crippen LogP contribution >= 0.6 is 0 Å². The zero-order chi connectivity index (χ0) is 22.3. The Kier molecular flexibility index (Phi) is 6.37. The van der Waals surface area contributed by atoms with Gasteiger partial charge in [-0.1, -0.05) is 60.7 Å². The summed E-state index contributed by atoms with van der Waals surface area (Å²) in [6.45, 7) is 0.804. The topological polar surface area (TPSA) is 87.6 Å². The number of carbonyl (C=O) groups is 1. The quantitative estimate of drug-likeness (QED) is 0.298. The fraction of sp³-hybridized carbons (Fsp3) is 0.0741. The van der Waals surface area contributed by atoms with Crippen molar-refractivity contribution in [1.29, 1.82) is 0 Å². The Hall–Kier alpha value is -4.25. The van der Waals surface area contributed by atoms with Gasteiger partial charge in [-0.2, -0.15) is 0 Å². The molecular weight excluding hydrogens is 400 g/mol. The second-order valence-corrected chi connectivity index (χ2v) is 7.38. The van der Waals surface area contributed by atoms with Gasteiger partial charge in [0.15, 0.2) is 5.78 Å². The van der Waals surface area contributed by atoms with Gasteiger partial charge in [0.1, 0.15) is 24.7 Å². The molecule has 5 nitrogen and oxygen atoms in total. The molecule has 0 radical (unpaired) electrons. The third-order valence-corrected chi connectivity index (χ3v) is 5.02. The first-order valence-electron chi connectivity index (χ1n) is 10.3. The van der Waals surface area contributed by atoms with Crippen LogP contribution in [0.1, 0.15) is 27.0 Å². The van der Waals surface area contributed by atoms with Gasteiger partial charge in [-0.05, 0) is 47.5 Å². The maximum absolute atomic E-state index is 12.9. The molecule has 0 aromatic heterocycles. The van der Waals surface area contributed by atoms with Crippen LogP contribution in [0.5, 0.6) is 11.5 Å². The maximum atomic E-state index is 12.9. The zero-order valence-corrected chi connectivity index (χ0v) is 17.5. The summed E-state index contributed by atoms with van der Waals surface area (Å²) in [7, 11) is 0. The Morgan fingerprint density at radius 2 is 1.00 bits per heavy atom. The summed E-state index contributed by atoms with van der Waals surface area (Å²) in [4.78, 5) is 12.9. The van der Waals surface area contributed by atoms with Gasteiger partial charge < -0.3 is 20.9 Å². The summed E-state index contributed by atoms with van der Waals surface area (Å²) in [5.74, 6) is 0.900. The number of ketones is 1. The van der Waals surface area contributed by atoms with Gasteiger partial charge in [0.25, 0.3) is 0 Å². The van der Waals surface area contributed by atoms with Gasteiger partial charge in [-0.15, -0.1) is 0 Å². The van der Waals surface area contributed by atoms with Crippen LogP contribution in [-0.2, 0) is 13.2 Å². The fourth-order valence-electron chi connectivity index (χ4n) is 3.28. The van der Waals surface area contributed by atoms with E-state index in [1.807, 2.05) is 60.7 Å². The SMILES string of the molecule is Nc1cc(C(=O)c2ccc(OCc3ccccc3)c(N)c2)ccc1OCc1ccccc1. The highest BCUT2D eigenvalue weighted by Gasteiger charge is 2.14. The van der Waals surface area contributed by atoms with Gasteiger partial charge in [-0.3, -0.25) is 4.79 Å². The van der Waals surface area contributed by atoms with Crippen LogP contribution in [0.25, 0.3) is 0 Å². The molecule has 160 valence electrons. The highest BCUT2D eigenvalue weighted by atomic mass is 16.5. The number of nitrogen functional groups attached to an aromatic ring is 2. The molecular formula is C27H24N2O3. The molecule has 4 aromatic rings. The molecule has 0 saturated heterocycles. The average Bonchev–Trinajstić information content (AvgIpc) is 2.83. The number of anilines is 2. The fourth-order valence-corrected chi connectivity index (χ4v) is 3.28. The monoisotopic (exact) mass is 424 g/mol. The molecule has 4 N–H and O–H groups in total. The lowest BCUT2D eigenvalue weighted by Gasteiger charge is -2.12. The van der Waals surface area contributed by atoms with Gasteiger partial charge in [0, 0.05) is 11.1 Å². The Balaban J connectivity index is 1.43. The van der Waals surface area contributed by atoms with Gasteiger partial charge in [-0.25, -0.2) is 0 Å². The number of rotatable bonds is 8. The summed E-state index contributed by atoms with van der Waals surface area (Å²) in [6.07, 6.45) is 0. The van der Waals surface area contributed by atoms with E-state index in [2.05, 4.69) is 0 Å². The Morgan fingerprint density at radius 3 is 1.38 bits per heavy atom. The van der Waals surface area contributed by atoms with E-state index < -0.39 is 0 Å². The summed E-state index contributed by atoms with van der Waals surface area (Å²) >= 11 is 0. The highest BCUT2D eigenvalue weighted by molar-refractivity contribution is 6.10. The predicted molar refractivity (Wildman–Crippen MR) is 127 cm³/mol. The summed E-state index contributed by atoms with van der Waals surface area (Å²) < 4.78 is 11.6. The molecule has 32 heavy (non-hydrogen) atoms. The Bertz CT molecular complexity index is 1110. The number of nitrogens with two attached hydrogens (primary N) is 2. The van der Waals surface area contributed by atoms with E-state index in [0.29, 0.717) is 47.2 Å². The Labute approximate surface area is 187 Å². The lowest BCUT2D eigenvalue weighted by molar-refractivity contribution is 0.103. The van der Waals surface area contributed by atoms with Crippen molar-refractivity contribution >= 4 is 17.2 Å². The lowest BCUT2D eigenvalue weighted by Crippen LogP contribution is -2.06. The molecule has 0 atom stereocenters. The molecule has 0 spiro atoms. The largest absolute Gasteiger partial charge is 0.487 e. The van der Waals surface area contributed by atoms with Crippen molar-refractivity contribution < 1.29 is 14.3 Å². The average molecular weight is 425 g/mol. The van der Waals surface area contributed by atoms with Crippen LogP contribution < -0.4 is 20.9 Å². The minimum absolute atomic E-state index is 0.174. The molecule has 4 aromatic carbocycles. The summed E-state index contributed by atoms with van der Waals surface area (Å²) in [5, 5.41) is 0. The Morgan fingerprint density at radius 1 is 0.594 bits per heavy atom. The van der Waals surface area contributed by atoms with Crippen LogP contribution in [0, 0.1) is 0 Å². The predicted octanol–water partition coefficient (Wildman–Crippen LogP) is 5.24. The molecule has 0 bridgehead atoms. The van der Waals surface area contributed by atoms with Gasteiger partial charge in [0.05, 0.1) is 11.4 Å². The van der Waals surface area contributed by atoms with Crippen LogP contribution in [0.2, 0.25) is 0 Å². The normalized spacial score (nSPS) is 10.5. The molecule has 0 aliphatic rings. The standard InChI is InChI=1S/C27H24N2O3/c28-23-15-21(11-13-25(23)31-17-19-7-3-1-4-8-19)27(30)22-12-14-26(24(29)16-22)32-18-20-9-5-2-6-10-20/h1-16H,17-18,28-29H2. The van der Waals surface area contributed by atoms with E-state index >= 15 is 0 Å². The second-order valence-electron chi connectivity index (χ2n) is 7.38. The number of ether oxygens (including phenoxy) is 2. The van der Waals surface area contributed by atoms with Crippen LogP contribution in [0.15, 0.2) is 97.1 Å². The maximum Gasteiger partial charge on any atom is 0.193 e. The minimum atomic E-state index is -0.174. The van der Waals surface area contributed by atoms with E-state index in [9.17, 15) is 4.79 Å². The van der Waals surface area contributed by atoms with Crippen LogP contribution in [-0.4, -0.2) is 5.78 Å². The molecule has 0 heterocycles. The van der Waals surface area contributed by atoms with Crippen LogP contribution in [0.3, 0.4) is 0 Å². The number of hydrogen-bond donors (Lipinski definition) is 2. The molecule has 0 aliphatic heterocycles. The minimum Gasteiger partial charge on any atom is -0.487 e. The van der Waals surface area contributed by atoms with Crippen molar-refractivity contribution in [3.05, 3.63) is 119 Å². The first-order chi connectivity index (χ1) is 15.6. The van der Waals surface area contributed by atoms with Gasteiger partial charge in [0.2, 0.25) is 0 Å². The van der Waals surface area contributed by atoms with Crippen molar-refractivity contribution in [2.24, 2.45) is 0 Å². The van der Waals surface area contributed by atoms with E-state index in [1.54, 1.807) is 36.4 Å². The summed E-state index contributed by atoms with van der Waals surface area (Å²) in [6, 6.07) is 29.7. The lowest BCUT2D eigenvalue weighted by atomic mass is 10.0. The van der Waals surface area contributed by atoms with E-state index in [1.165, 1.54) is 0 Å². The van der Waals surface area contributed by atoms with Crippen LogP contribution in [0.4, 0.5) is 11.4 Å². The zero-order valence-electron chi connectivity index (χ0n) is 17.5. The van der Waals surface area contributed by atoms with Crippen molar-refractivity contribution in [1.82, 2.24) is 0 Å². The van der Waals surface area contributed by atoms with Crippen molar-refractivity contribution in [3.63, 3.8) is 0 Å². The first-order valence-corrected chi connectivity index (χ1v) is 10.3. The summed E-state index contributed by atoms with van der Waals surface area (Å²) in [5.41, 5.74) is 16.1. The van der Waals surface area contributed by atoms with E-state index in [-0.39, 0.29) is 5.78 Å². The van der Waals surface area contributed by atoms with E-state index in [0.717, 1.165) is 11.1 Å². The first kappa shape index (κ1) is 21.0. The number of hydrogen-bond acceptors (Lipinski definition) is 5.